The van der Waals surface area contributed by atoms with Crippen molar-refractivity contribution in [2.75, 3.05) is 12.5 Å². The molecule has 0 unspecified atom stereocenters. The first kappa shape index (κ1) is 11.3. The van der Waals surface area contributed by atoms with Gasteiger partial charge in [0.05, 0.1) is 12.6 Å². The molecular weight excluding hydrogens is 228 g/mol. The molecule has 1 fully saturated rings. The molecule has 1 aliphatic rings. The van der Waals surface area contributed by atoms with Gasteiger partial charge in [-0.3, -0.25) is 5.43 Å². The third-order valence-electron chi connectivity index (χ3n) is 3.71. The molecule has 3 N–H and O–H groups in total. The van der Waals surface area contributed by atoms with Crippen molar-refractivity contribution in [3.05, 3.63) is 18.2 Å². The van der Waals surface area contributed by atoms with Crippen LogP contribution in [0.25, 0.3) is 11.0 Å². The summed E-state index contributed by atoms with van der Waals surface area (Å²) in [6.45, 7) is 0. The standard InChI is InChI=1S/C13H18N4O/c1-18-11-8-4-7-10-12(11)17(13(15-10)16-14)9-5-2-3-6-9/h4,7-9H,2-3,5-6,14H2,1H3,(H,15,16). The minimum absolute atomic E-state index is 0.470. The molecule has 5 nitrogen and oxygen atoms in total. The fraction of sp³-hybridized carbons (Fsp3) is 0.462. The Morgan fingerprint density at radius 3 is 2.83 bits per heavy atom. The van der Waals surface area contributed by atoms with Gasteiger partial charge in [-0.1, -0.05) is 18.9 Å². The average molecular weight is 246 g/mol. The van der Waals surface area contributed by atoms with Crippen LogP contribution in [0.5, 0.6) is 5.75 Å². The van der Waals surface area contributed by atoms with Gasteiger partial charge in [-0.15, -0.1) is 0 Å². The lowest BCUT2D eigenvalue weighted by Gasteiger charge is -2.16. The molecule has 1 aromatic carbocycles. The topological polar surface area (TPSA) is 65.1 Å². The summed E-state index contributed by atoms with van der Waals surface area (Å²) < 4.78 is 7.65. The number of methoxy groups -OCH3 is 1. The molecule has 96 valence electrons. The molecule has 1 aliphatic carbocycles. The Morgan fingerprint density at radius 1 is 1.39 bits per heavy atom. The molecule has 5 heteroatoms. The molecule has 3 rings (SSSR count). The SMILES string of the molecule is COc1cccc2nc(NN)n(C3CCCC3)c12. The molecule has 0 aliphatic heterocycles. The Bertz CT molecular complexity index is 557. The predicted molar refractivity (Wildman–Crippen MR) is 71.6 cm³/mol. The van der Waals surface area contributed by atoms with Gasteiger partial charge in [0, 0.05) is 6.04 Å². The first-order valence-corrected chi connectivity index (χ1v) is 6.36. The minimum atomic E-state index is 0.470. The largest absolute Gasteiger partial charge is 0.494 e. The van der Waals surface area contributed by atoms with Gasteiger partial charge in [-0.2, -0.15) is 0 Å². The minimum Gasteiger partial charge on any atom is -0.494 e. The molecular formula is C13H18N4O. The fourth-order valence-electron chi connectivity index (χ4n) is 2.90. The van der Waals surface area contributed by atoms with Crippen LogP contribution >= 0.6 is 0 Å². The van der Waals surface area contributed by atoms with E-state index in [1.807, 2.05) is 18.2 Å². The normalized spacial score (nSPS) is 16.3. The molecule has 0 amide bonds. The number of nitrogen functional groups attached to an aromatic ring is 1. The van der Waals surface area contributed by atoms with E-state index in [9.17, 15) is 0 Å². The quantitative estimate of drug-likeness (QED) is 0.645. The third-order valence-corrected chi connectivity index (χ3v) is 3.71. The van der Waals surface area contributed by atoms with Gasteiger partial charge in [-0.05, 0) is 25.0 Å². The highest BCUT2D eigenvalue weighted by Crippen LogP contribution is 2.38. The molecule has 2 aromatic rings. The Balaban J connectivity index is 2.24. The highest BCUT2D eigenvalue weighted by Gasteiger charge is 2.24. The molecule has 1 heterocycles. The summed E-state index contributed by atoms with van der Waals surface area (Å²) in [5.74, 6) is 7.18. The summed E-state index contributed by atoms with van der Waals surface area (Å²) in [5.41, 5.74) is 4.68. The maximum Gasteiger partial charge on any atom is 0.218 e. The number of anilines is 1. The van der Waals surface area contributed by atoms with Gasteiger partial charge in [0.1, 0.15) is 11.3 Å². The molecule has 0 spiro atoms. The monoisotopic (exact) mass is 246 g/mol. The summed E-state index contributed by atoms with van der Waals surface area (Å²) in [6, 6.07) is 6.38. The van der Waals surface area contributed by atoms with Gasteiger partial charge in [0.25, 0.3) is 0 Å². The molecule has 0 atom stereocenters. The second kappa shape index (κ2) is 4.49. The molecule has 1 saturated carbocycles. The van der Waals surface area contributed by atoms with E-state index >= 15 is 0 Å². The molecule has 18 heavy (non-hydrogen) atoms. The van der Waals surface area contributed by atoms with Gasteiger partial charge in [-0.25, -0.2) is 10.8 Å². The summed E-state index contributed by atoms with van der Waals surface area (Å²) in [5, 5.41) is 0. The van der Waals surface area contributed by atoms with Crippen LogP contribution in [0.4, 0.5) is 5.95 Å². The molecule has 0 saturated heterocycles. The van der Waals surface area contributed by atoms with Crippen LogP contribution in [0.15, 0.2) is 18.2 Å². The number of ether oxygens (including phenoxy) is 1. The second-order valence-electron chi connectivity index (χ2n) is 4.72. The van der Waals surface area contributed by atoms with Crippen molar-refractivity contribution < 1.29 is 4.74 Å². The number of para-hydroxylation sites is 1. The van der Waals surface area contributed by atoms with Crippen molar-refractivity contribution in [3.8, 4) is 5.75 Å². The number of aromatic nitrogens is 2. The van der Waals surface area contributed by atoms with Crippen molar-refractivity contribution in [2.45, 2.75) is 31.7 Å². The first-order chi connectivity index (χ1) is 8.85. The number of fused-ring (bicyclic) bond motifs is 1. The average Bonchev–Trinajstić information content (AvgIpc) is 3.03. The summed E-state index contributed by atoms with van der Waals surface area (Å²) in [7, 11) is 1.69. The number of nitrogens with one attached hydrogen (secondary N) is 1. The van der Waals surface area contributed by atoms with Gasteiger partial charge >= 0.3 is 0 Å². The third kappa shape index (κ3) is 1.62. The smallest absolute Gasteiger partial charge is 0.218 e. The van der Waals surface area contributed by atoms with E-state index < -0.39 is 0 Å². The lowest BCUT2D eigenvalue weighted by atomic mass is 10.2. The van der Waals surface area contributed by atoms with Gasteiger partial charge < -0.3 is 9.30 Å². The molecule has 0 bridgehead atoms. The van der Waals surface area contributed by atoms with Gasteiger partial charge in [0.15, 0.2) is 0 Å². The number of hydrogen-bond donors (Lipinski definition) is 2. The number of imidazole rings is 1. The van der Waals surface area contributed by atoms with Crippen LogP contribution in [-0.4, -0.2) is 16.7 Å². The van der Waals surface area contributed by atoms with Crippen LogP contribution in [0.3, 0.4) is 0 Å². The summed E-state index contributed by atoms with van der Waals surface area (Å²) in [4.78, 5) is 4.53. The summed E-state index contributed by atoms with van der Waals surface area (Å²) >= 11 is 0. The van der Waals surface area contributed by atoms with Crippen LogP contribution < -0.4 is 16.0 Å². The van der Waals surface area contributed by atoms with Crippen molar-refractivity contribution in [1.82, 2.24) is 9.55 Å². The maximum absolute atomic E-state index is 5.60. The molecule has 0 radical (unpaired) electrons. The van der Waals surface area contributed by atoms with Crippen molar-refractivity contribution in [3.63, 3.8) is 0 Å². The van der Waals surface area contributed by atoms with Crippen molar-refractivity contribution >= 4 is 17.0 Å². The van der Waals surface area contributed by atoms with Crippen LogP contribution in [0.2, 0.25) is 0 Å². The van der Waals surface area contributed by atoms with E-state index in [4.69, 9.17) is 10.6 Å². The fourth-order valence-corrected chi connectivity index (χ4v) is 2.90. The van der Waals surface area contributed by atoms with E-state index in [1.165, 1.54) is 25.7 Å². The number of nitrogens with zero attached hydrogens (tertiary/aromatic N) is 2. The van der Waals surface area contributed by atoms with E-state index in [2.05, 4.69) is 15.0 Å². The van der Waals surface area contributed by atoms with Crippen LogP contribution in [0, 0.1) is 0 Å². The number of hydrazine groups is 1. The number of nitrogens with two attached hydrogens (primary N) is 1. The predicted octanol–water partition coefficient (Wildman–Crippen LogP) is 2.45. The highest BCUT2D eigenvalue weighted by molar-refractivity contribution is 5.85. The number of hydrogen-bond acceptors (Lipinski definition) is 4. The maximum atomic E-state index is 5.60. The van der Waals surface area contributed by atoms with E-state index in [0.29, 0.717) is 6.04 Å². The zero-order chi connectivity index (χ0) is 12.5. The Hall–Kier alpha value is -1.75. The Kier molecular flexibility index (Phi) is 2.83. The number of benzene rings is 1. The van der Waals surface area contributed by atoms with E-state index in [1.54, 1.807) is 7.11 Å². The zero-order valence-electron chi connectivity index (χ0n) is 10.5. The number of rotatable bonds is 3. The first-order valence-electron chi connectivity index (χ1n) is 6.36. The van der Waals surface area contributed by atoms with Crippen molar-refractivity contribution in [2.24, 2.45) is 5.84 Å². The van der Waals surface area contributed by atoms with Crippen molar-refractivity contribution in [1.29, 1.82) is 0 Å². The Morgan fingerprint density at radius 2 is 2.17 bits per heavy atom. The second-order valence-corrected chi connectivity index (χ2v) is 4.72. The molecule has 1 aromatic heterocycles. The summed E-state index contributed by atoms with van der Waals surface area (Å²) in [6.07, 6.45) is 4.89. The van der Waals surface area contributed by atoms with Gasteiger partial charge in [0.2, 0.25) is 5.95 Å². The van der Waals surface area contributed by atoms with E-state index in [0.717, 1.165) is 22.7 Å². The van der Waals surface area contributed by atoms with Crippen LogP contribution in [0.1, 0.15) is 31.7 Å². The lowest BCUT2D eigenvalue weighted by molar-refractivity contribution is 0.414. The van der Waals surface area contributed by atoms with Crippen LogP contribution in [-0.2, 0) is 0 Å². The van der Waals surface area contributed by atoms with E-state index in [-0.39, 0.29) is 0 Å². The Labute approximate surface area is 106 Å². The highest BCUT2D eigenvalue weighted by atomic mass is 16.5. The zero-order valence-corrected chi connectivity index (χ0v) is 10.5. The lowest BCUT2D eigenvalue weighted by Crippen LogP contribution is -2.15.